The molecular weight excluding hydrogens is 342 g/mol. The molecule has 0 atom stereocenters. The second-order valence-corrected chi connectivity index (χ2v) is 6.46. The Balaban J connectivity index is 1.76. The van der Waals surface area contributed by atoms with Gasteiger partial charge in [-0.25, -0.2) is 9.59 Å². The molecule has 0 saturated carbocycles. The molecular formula is C17H19N3O6. The molecule has 0 bridgehead atoms. The SMILES string of the molecule is NC(=O)COC(=O)c1ccc2c(c1)C(=O)CC1(CCN(C(N)=O)CC1)O2. The number of primary amides is 2. The number of hydrogen-bond donors (Lipinski definition) is 2. The van der Waals surface area contributed by atoms with E-state index in [1.54, 1.807) is 0 Å². The molecule has 1 aromatic rings. The van der Waals surface area contributed by atoms with Crippen LogP contribution in [0.2, 0.25) is 0 Å². The van der Waals surface area contributed by atoms with Crippen LogP contribution < -0.4 is 16.2 Å². The van der Waals surface area contributed by atoms with Crippen molar-refractivity contribution in [3.8, 4) is 5.75 Å². The molecule has 9 nitrogen and oxygen atoms in total. The number of nitrogens with zero attached hydrogens (tertiary/aromatic N) is 1. The monoisotopic (exact) mass is 361 g/mol. The van der Waals surface area contributed by atoms with Crippen molar-refractivity contribution in [2.24, 2.45) is 11.5 Å². The van der Waals surface area contributed by atoms with E-state index in [1.165, 1.54) is 23.1 Å². The standard InChI is InChI=1S/C17H19N3O6/c18-14(22)9-25-15(23)10-1-2-13-11(7-10)12(21)8-17(26-13)3-5-20(6-4-17)16(19)24/h1-2,7H,3-6,8-9H2,(H2,18,22)(H2,19,24). The number of piperidine rings is 1. The summed E-state index contributed by atoms with van der Waals surface area (Å²) in [6, 6.07) is 3.91. The maximum Gasteiger partial charge on any atom is 0.338 e. The molecule has 26 heavy (non-hydrogen) atoms. The van der Waals surface area contributed by atoms with Crippen molar-refractivity contribution < 1.29 is 28.7 Å². The van der Waals surface area contributed by atoms with Crippen molar-refractivity contribution in [2.45, 2.75) is 24.9 Å². The highest BCUT2D eigenvalue weighted by Gasteiger charge is 2.43. The first-order chi connectivity index (χ1) is 12.3. The van der Waals surface area contributed by atoms with Crippen LogP contribution in [0.5, 0.6) is 5.75 Å². The fourth-order valence-electron chi connectivity index (χ4n) is 3.25. The van der Waals surface area contributed by atoms with E-state index >= 15 is 0 Å². The minimum atomic E-state index is -0.764. The summed E-state index contributed by atoms with van der Waals surface area (Å²) in [5, 5.41) is 0. The molecule has 0 radical (unpaired) electrons. The zero-order chi connectivity index (χ0) is 18.9. The van der Waals surface area contributed by atoms with Gasteiger partial charge in [0.2, 0.25) is 0 Å². The summed E-state index contributed by atoms with van der Waals surface area (Å²) in [7, 11) is 0. The number of carbonyl (C=O) groups excluding carboxylic acids is 4. The van der Waals surface area contributed by atoms with Crippen LogP contribution >= 0.6 is 0 Å². The molecule has 0 aromatic heterocycles. The molecule has 1 fully saturated rings. The molecule has 0 unspecified atom stereocenters. The Hall–Kier alpha value is -3.10. The van der Waals surface area contributed by atoms with Crippen molar-refractivity contribution in [2.75, 3.05) is 19.7 Å². The third-order valence-corrected chi connectivity index (χ3v) is 4.66. The summed E-state index contributed by atoms with van der Waals surface area (Å²) >= 11 is 0. The van der Waals surface area contributed by atoms with Crippen LogP contribution in [0.1, 0.15) is 40.0 Å². The highest BCUT2D eigenvalue weighted by atomic mass is 16.5. The van der Waals surface area contributed by atoms with Gasteiger partial charge in [0.15, 0.2) is 12.4 Å². The van der Waals surface area contributed by atoms with Gasteiger partial charge in [-0.3, -0.25) is 9.59 Å². The van der Waals surface area contributed by atoms with Gasteiger partial charge in [-0.05, 0) is 18.2 Å². The van der Waals surface area contributed by atoms with Crippen LogP contribution in [-0.4, -0.2) is 53.9 Å². The van der Waals surface area contributed by atoms with Gasteiger partial charge >= 0.3 is 12.0 Å². The summed E-state index contributed by atoms with van der Waals surface area (Å²) < 4.78 is 10.8. The number of nitrogens with two attached hydrogens (primary N) is 2. The molecule has 0 aliphatic carbocycles. The summed E-state index contributed by atoms with van der Waals surface area (Å²) in [6.45, 7) is 0.324. The Bertz CT molecular complexity index is 783. The van der Waals surface area contributed by atoms with Crippen molar-refractivity contribution in [3.63, 3.8) is 0 Å². The molecule has 2 aliphatic heterocycles. The normalized spacial score (nSPS) is 18.0. The summed E-state index contributed by atoms with van der Waals surface area (Å²) in [6.07, 6.45) is 1.17. The Morgan fingerprint density at radius 3 is 2.50 bits per heavy atom. The third-order valence-electron chi connectivity index (χ3n) is 4.66. The average molecular weight is 361 g/mol. The van der Waals surface area contributed by atoms with Gasteiger partial charge in [-0.2, -0.15) is 0 Å². The van der Waals surface area contributed by atoms with Gasteiger partial charge in [0, 0.05) is 25.9 Å². The average Bonchev–Trinajstić information content (AvgIpc) is 2.59. The summed E-state index contributed by atoms with van der Waals surface area (Å²) in [4.78, 5) is 48.0. The largest absolute Gasteiger partial charge is 0.486 e. The van der Waals surface area contributed by atoms with E-state index in [4.69, 9.17) is 20.9 Å². The summed E-state index contributed by atoms with van der Waals surface area (Å²) in [5.41, 5.74) is 9.99. The lowest BCUT2D eigenvalue weighted by molar-refractivity contribution is -0.121. The lowest BCUT2D eigenvalue weighted by Gasteiger charge is -2.43. The van der Waals surface area contributed by atoms with Gasteiger partial charge in [0.05, 0.1) is 17.5 Å². The lowest BCUT2D eigenvalue weighted by atomic mass is 9.82. The van der Waals surface area contributed by atoms with Crippen molar-refractivity contribution in [1.29, 1.82) is 0 Å². The minimum Gasteiger partial charge on any atom is -0.486 e. The first kappa shape index (κ1) is 17.7. The van der Waals surface area contributed by atoms with E-state index in [2.05, 4.69) is 0 Å². The molecule has 3 amide bonds. The number of Topliss-reactive ketones (excluding diaryl/α,β-unsaturated/α-hetero) is 1. The van der Waals surface area contributed by atoms with Crippen molar-refractivity contribution in [3.05, 3.63) is 29.3 Å². The Morgan fingerprint density at radius 2 is 1.88 bits per heavy atom. The van der Waals surface area contributed by atoms with Crippen molar-refractivity contribution >= 4 is 23.7 Å². The minimum absolute atomic E-state index is 0.140. The van der Waals surface area contributed by atoms with E-state index < -0.39 is 30.1 Å². The van der Waals surface area contributed by atoms with Crippen LogP contribution in [0, 0.1) is 0 Å². The maximum absolute atomic E-state index is 12.6. The van der Waals surface area contributed by atoms with Gasteiger partial charge in [0.1, 0.15) is 11.4 Å². The van der Waals surface area contributed by atoms with E-state index in [0.717, 1.165) is 0 Å². The Morgan fingerprint density at radius 1 is 1.19 bits per heavy atom. The number of hydrogen-bond acceptors (Lipinski definition) is 6. The zero-order valence-corrected chi connectivity index (χ0v) is 14.0. The molecule has 138 valence electrons. The van der Waals surface area contributed by atoms with E-state index in [0.29, 0.717) is 37.2 Å². The fraction of sp³-hybridized carbons (Fsp3) is 0.412. The number of rotatable bonds is 3. The second-order valence-electron chi connectivity index (χ2n) is 6.46. The number of ketones is 1. The number of esters is 1. The van der Waals surface area contributed by atoms with Crippen LogP contribution in [0.4, 0.5) is 4.79 Å². The Labute approximate surface area is 149 Å². The Kier molecular flexibility index (Phi) is 4.54. The first-order valence-corrected chi connectivity index (χ1v) is 8.16. The highest BCUT2D eigenvalue weighted by Crippen LogP contribution is 2.39. The van der Waals surface area contributed by atoms with Crippen LogP contribution in [0.3, 0.4) is 0 Å². The number of benzene rings is 1. The molecule has 1 saturated heterocycles. The second kappa shape index (κ2) is 6.66. The molecule has 3 rings (SSSR count). The predicted octanol–water partition coefficient (Wildman–Crippen LogP) is 0.207. The van der Waals surface area contributed by atoms with E-state index in [-0.39, 0.29) is 17.8 Å². The zero-order valence-electron chi connectivity index (χ0n) is 14.0. The summed E-state index contributed by atoms with van der Waals surface area (Å²) in [5.74, 6) is -1.27. The highest BCUT2D eigenvalue weighted by molar-refractivity contribution is 6.03. The topological polar surface area (TPSA) is 142 Å². The molecule has 1 spiro atoms. The molecule has 9 heteroatoms. The van der Waals surface area contributed by atoms with Gasteiger partial charge < -0.3 is 25.8 Å². The molecule has 4 N–H and O–H groups in total. The lowest BCUT2D eigenvalue weighted by Crippen LogP contribution is -2.53. The van der Waals surface area contributed by atoms with Crippen LogP contribution in [0.25, 0.3) is 0 Å². The van der Waals surface area contributed by atoms with Crippen LogP contribution in [0.15, 0.2) is 18.2 Å². The number of amides is 3. The smallest absolute Gasteiger partial charge is 0.338 e. The molecule has 1 aromatic carbocycles. The van der Waals surface area contributed by atoms with E-state index in [1.807, 2.05) is 0 Å². The number of fused-ring (bicyclic) bond motifs is 1. The predicted molar refractivity (Wildman–Crippen MR) is 88.6 cm³/mol. The van der Waals surface area contributed by atoms with E-state index in [9.17, 15) is 19.2 Å². The van der Waals surface area contributed by atoms with Gasteiger partial charge in [0.25, 0.3) is 5.91 Å². The fourth-order valence-corrected chi connectivity index (χ4v) is 3.25. The van der Waals surface area contributed by atoms with Gasteiger partial charge in [-0.1, -0.05) is 0 Å². The number of likely N-dealkylation sites (tertiary alicyclic amines) is 1. The first-order valence-electron chi connectivity index (χ1n) is 8.16. The maximum atomic E-state index is 12.6. The van der Waals surface area contributed by atoms with Gasteiger partial charge in [-0.15, -0.1) is 0 Å². The molecule has 2 aliphatic rings. The molecule has 2 heterocycles. The number of carbonyl (C=O) groups is 4. The number of urea groups is 1. The third kappa shape index (κ3) is 3.46. The van der Waals surface area contributed by atoms with Crippen LogP contribution in [-0.2, 0) is 9.53 Å². The number of ether oxygens (including phenoxy) is 2. The quantitative estimate of drug-likeness (QED) is 0.737. The van der Waals surface area contributed by atoms with Crippen molar-refractivity contribution in [1.82, 2.24) is 4.90 Å².